The number of carboxylic acid groups (broad SMARTS) is 1. The third kappa shape index (κ3) is 6.64. The Balaban J connectivity index is 0.000000406. The molecule has 0 unspecified atom stereocenters. The van der Waals surface area contributed by atoms with Crippen molar-refractivity contribution < 1.29 is 46.2 Å². The quantitative estimate of drug-likeness (QED) is 0.584. The number of alkyl halides is 5. The van der Waals surface area contributed by atoms with Crippen LogP contribution in [0.4, 0.5) is 22.0 Å². The minimum atomic E-state index is -5.08. The second kappa shape index (κ2) is 10.2. The van der Waals surface area contributed by atoms with Gasteiger partial charge in [-0.2, -0.15) is 18.3 Å². The Morgan fingerprint density at radius 1 is 1.26 bits per heavy atom. The maximum atomic E-state index is 13.1. The number of amides is 2. The monoisotopic (exact) mass is 496 g/mol. The molecule has 34 heavy (non-hydrogen) atoms. The highest BCUT2D eigenvalue weighted by atomic mass is 19.4. The van der Waals surface area contributed by atoms with Crippen LogP contribution < -0.4 is 5.32 Å². The summed E-state index contributed by atoms with van der Waals surface area (Å²) in [5.74, 6) is -2.40. The lowest BCUT2D eigenvalue weighted by Gasteiger charge is -2.19. The largest absolute Gasteiger partial charge is 0.490 e. The van der Waals surface area contributed by atoms with E-state index in [0.717, 1.165) is 6.54 Å². The summed E-state index contributed by atoms with van der Waals surface area (Å²) < 4.78 is 65.1. The van der Waals surface area contributed by atoms with Crippen LogP contribution in [-0.4, -0.2) is 75.6 Å². The van der Waals surface area contributed by atoms with Gasteiger partial charge in [0.15, 0.2) is 0 Å². The van der Waals surface area contributed by atoms with Crippen molar-refractivity contribution in [3.8, 4) is 0 Å². The normalized spacial score (nSPS) is 24.0. The third-order valence-electron chi connectivity index (χ3n) is 5.84. The van der Waals surface area contributed by atoms with Crippen molar-refractivity contribution in [2.45, 2.75) is 50.5 Å². The summed E-state index contributed by atoms with van der Waals surface area (Å²) in [5.41, 5.74) is -0.533. The summed E-state index contributed by atoms with van der Waals surface area (Å²) in [6, 6.07) is 0. The summed E-state index contributed by atoms with van der Waals surface area (Å²) in [6.45, 7) is 1.57. The van der Waals surface area contributed by atoms with Crippen LogP contribution in [0.1, 0.15) is 48.2 Å². The average molecular weight is 496 g/mol. The van der Waals surface area contributed by atoms with Crippen LogP contribution in [0.2, 0.25) is 0 Å². The molecule has 2 N–H and O–H groups in total. The molecule has 3 atom stereocenters. The number of nitrogens with one attached hydrogen (secondary N) is 1. The van der Waals surface area contributed by atoms with Crippen molar-refractivity contribution in [1.29, 1.82) is 0 Å². The first-order valence-corrected chi connectivity index (χ1v) is 10.7. The van der Waals surface area contributed by atoms with Gasteiger partial charge in [-0.05, 0) is 25.2 Å². The number of aliphatic carboxylic acids is 1. The van der Waals surface area contributed by atoms with E-state index in [2.05, 4.69) is 10.4 Å². The van der Waals surface area contributed by atoms with Crippen molar-refractivity contribution in [2.75, 3.05) is 19.6 Å². The van der Waals surface area contributed by atoms with E-state index in [1.165, 1.54) is 30.8 Å². The van der Waals surface area contributed by atoms with Crippen LogP contribution in [0.25, 0.3) is 0 Å². The summed E-state index contributed by atoms with van der Waals surface area (Å²) in [7, 11) is 1.52. The Hall–Kier alpha value is -2.77. The number of fused-ring (bicyclic) bond motifs is 1. The fourth-order valence-electron chi connectivity index (χ4n) is 4.02. The first-order valence-electron chi connectivity index (χ1n) is 10.7. The number of carbonyl (C=O) groups is 3. The molecule has 4 rings (SSSR count). The molecule has 3 heterocycles. The molecule has 3 fully saturated rings. The highest BCUT2D eigenvalue weighted by Gasteiger charge is 2.44. The summed E-state index contributed by atoms with van der Waals surface area (Å²) in [5, 5.41) is 13.8. The van der Waals surface area contributed by atoms with Gasteiger partial charge in [0.05, 0.1) is 24.2 Å². The smallest absolute Gasteiger partial charge is 0.475 e. The van der Waals surface area contributed by atoms with Crippen LogP contribution in [0.3, 0.4) is 0 Å². The van der Waals surface area contributed by atoms with E-state index >= 15 is 0 Å². The Kier molecular flexibility index (Phi) is 7.78. The molecule has 0 bridgehead atoms. The van der Waals surface area contributed by atoms with E-state index in [4.69, 9.17) is 14.6 Å². The van der Waals surface area contributed by atoms with Crippen molar-refractivity contribution in [2.24, 2.45) is 18.9 Å². The van der Waals surface area contributed by atoms with E-state index in [1.54, 1.807) is 4.90 Å². The lowest BCUT2D eigenvalue weighted by Crippen LogP contribution is -2.33. The molecule has 2 saturated heterocycles. The molecule has 3 aliphatic rings. The number of likely N-dealkylation sites (tertiary alicyclic amines) is 1. The van der Waals surface area contributed by atoms with E-state index in [0.29, 0.717) is 31.8 Å². The van der Waals surface area contributed by atoms with E-state index in [1.807, 2.05) is 0 Å². The van der Waals surface area contributed by atoms with Crippen molar-refractivity contribution in [3.05, 3.63) is 17.5 Å². The van der Waals surface area contributed by atoms with Gasteiger partial charge >= 0.3 is 12.1 Å². The number of carboxylic acids is 1. The zero-order chi connectivity index (χ0) is 25.2. The SMILES string of the molecule is Cn1cc(C(=O)N2C[C@@H]3C[C@@H](CC(=O)NCC4CC4)O[C@@H]3C2)c(C(F)F)n1.O=C(O)C(F)(F)F. The van der Waals surface area contributed by atoms with Gasteiger partial charge in [0.1, 0.15) is 5.69 Å². The zero-order valence-electron chi connectivity index (χ0n) is 18.2. The molecule has 14 heteroatoms. The molecule has 1 saturated carbocycles. The molecular weight excluding hydrogens is 471 g/mol. The first kappa shape index (κ1) is 25.8. The van der Waals surface area contributed by atoms with Crippen molar-refractivity contribution in [1.82, 2.24) is 20.0 Å². The molecule has 0 radical (unpaired) electrons. The number of ether oxygens (including phenoxy) is 1. The summed E-state index contributed by atoms with van der Waals surface area (Å²) in [6.07, 6.45) is -3.37. The number of hydrogen-bond donors (Lipinski definition) is 2. The molecule has 2 aliphatic heterocycles. The standard InChI is InChI=1S/C18H24F2N4O3.C2HF3O2/c1-23-8-13(16(22-23)17(19)20)18(26)24-7-11-4-12(27-14(11)9-24)5-15(25)21-6-10-2-3-10;3-2(4,5)1(6)7/h8,10-12,14,17H,2-7,9H2,1H3,(H,21,25);(H,6,7)/t11-,12-,14+;/m0./s1. The number of halogens is 5. The molecule has 190 valence electrons. The van der Waals surface area contributed by atoms with E-state index < -0.39 is 30.2 Å². The summed E-state index contributed by atoms with van der Waals surface area (Å²) >= 11 is 0. The Bertz CT molecular complexity index is 904. The van der Waals surface area contributed by atoms with Crippen LogP contribution >= 0.6 is 0 Å². The maximum absolute atomic E-state index is 13.1. The molecule has 0 aromatic carbocycles. The number of aromatic nitrogens is 2. The lowest BCUT2D eigenvalue weighted by molar-refractivity contribution is -0.192. The molecule has 2 amide bonds. The number of hydrogen-bond acceptors (Lipinski definition) is 5. The fourth-order valence-corrected chi connectivity index (χ4v) is 4.02. The van der Waals surface area contributed by atoms with Gasteiger partial charge < -0.3 is 20.1 Å². The molecule has 0 spiro atoms. The average Bonchev–Trinajstić information content (AvgIpc) is 3.18. The highest BCUT2D eigenvalue weighted by molar-refractivity contribution is 5.95. The van der Waals surface area contributed by atoms with Crippen LogP contribution in [0.15, 0.2) is 6.20 Å². The minimum Gasteiger partial charge on any atom is -0.475 e. The van der Waals surface area contributed by atoms with Gasteiger partial charge in [0.25, 0.3) is 12.3 Å². The Morgan fingerprint density at radius 2 is 1.91 bits per heavy atom. The second-order valence-electron chi connectivity index (χ2n) is 8.66. The molecule has 1 aromatic rings. The highest BCUT2D eigenvalue weighted by Crippen LogP contribution is 2.35. The molecule has 1 aromatic heterocycles. The number of carbonyl (C=O) groups excluding carboxylic acids is 2. The van der Waals surface area contributed by atoms with Gasteiger partial charge in [0, 0.05) is 38.8 Å². The van der Waals surface area contributed by atoms with Crippen LogP contribution in [0.5, 0.6) is 0 Å². The van der Waals surface area contributed by atoms with E-state index in [-0.39, 0.29) is 29.6 Å². The number of aryl methyl sites for hydroxylation is 1. The minimum absolute atomic E-state index is 0.0109. The fraction of sp³-hybridized carbons (Fsp3) is 0.700. The number of nitrogens with zero attached hydrogens (tertiary/aromatic N) is 3. The molecular formula is C20H25F5N4O5. The second-order valence-corrected chi connectivity index (χ2v) is 8.66. The predicted octanol–water partition coefficient (Wildman–Crippen LogP) is 2.14. The summed E-state index contributed by atoms with van der Waals surface area (Å²) in [4.78, 5) is 35.1. The first-order chi connectivity index (χ1) is 15.8. The van der Waals surface area contributed by atoms with Gasteiger partial charge in [-0.15, -0.1) is 0 Å². The van der Waals surface area contributed by atoms with Crippen molar-refractivity contribution >= 4 is 17.8 Å². The van der Waals surface area contributed by atoms with Gasteiger partial charge in [-0.1, -0.05) is 0 Å². The zero-order valence-corrected chi connectivity index (χ0v) is 18.2. The lowest BCUT2D eigenvalue weighted by atomic mass is 10.0. The molecule has 9 nitrogen and oxygen atoms in total. The topological polar surface area (TPSA) is 114 Å². The Labute approximate surface area is 191 Å². The van der Waals surface area contributed by atoms with Gasteiger partial charge in [-0.25, -0.2) is 13.6 Å². The Morgan fingerprint density at radius 3 is 2.44 bits per heavy atom. The predicted molar refractivity (Wildman–Crippen MR) is 105 cm³/mol. The third-order valence-corrected chi connectivity index (χ3v) is 5.84. The number of rotatable bonds is 6. The molecule has 1 aliphatic carbocycles. The van der Waals surface area contributed by atoms with Crippen LogP contribution in [-0.2, 0) is 21.4 Å². The van der Waals surface area contributed by atoms with Crippen molar-refractivity contribution in [3.63, 3.8) is 0 Å². The van der Waals surface area contributed by atoms with Gasteiger partial charge in [-0.3, -0.25) is 14.3 Å². The maximum Gasteiger partial charge on any atom is 0.490 e. The van der Waals surface area contributed by atoms with Crippen LogP contribution in [0, 0.1) is 11.8 Å². The van der Waals surface area contributed by atoms with Gasteiger partial charge in [0.2, 0.25) is 5.91 Å². The van der Waals surface area contributed by atoms with E-state index in [9.17, 15) is 31.5 Å².